The van der Waals surface area contributed by atoms with Crippen molar-refractivity contribution in [2.24, 2.45) is 0 Å². The zero-order valence-electron chi connectivity index (χ0n) is 16.2. The van der Waals surface area contributed by atoms with E-state index in [0.717, 1.165) is 31.1 Å². The number of nitrogens with one attached hydrogen (secondary N) is 1. The highest BCUT2D eigenvalue weighted by Crippen LogP contribution is 2.22. The highest BCUT2D eigenvalue weighted by Gasteiger charge is 2.08. The predicted molar refractivity (Wildman–Crippen MR) is 119 cm³/mol. The molecule has 1 N–H and O–H groups in total. The Hall–Kier alpha value is -2.55. The first-order valence-electron chi connectivity index (χ1n) is 9.76. The number of hydrogen-bond acceptors (Lipinski definition) is 1. The van der Waals surface area contributed by atoms with Crippen LogP contribution in [0.3, 0.4) is 0 Å². The lowest BCUT2D eigenvalue weighted by molar-refractivity contribution is 0.686. The Balaban J connectivity index is 1.45. The summed E-state index contributed by atoms with van der Waals surface area (Å²) in [6.45, 7) is 4.86. The van der Waals surface area contributed by atoms with Crippen molar-refractivity contribution >= 4 is 22.5 Å². The molecule has 0 fully saturated rings. The summed E-state index contributed by atoms with van der Waals surface area (Å²) in [5.74, 6) is 0. The maximum Gasteiger partial charge on any atom is 0.0486 e. The molecule has 2 nitrogen and oxygen atoms in total. The third-order valence-electron chi connectivity index (χ3n) is 5.13. The standard InChI is InChI=1S/C25H25ClN2/c1-19-5-4-6-21(15-19)17-28-18-22(24-7-2-3-8-25(24)28)16-27-14-13-20-9-11-23(26)12-10-20/h2-12,15,18,27H,13-14,16-17H2,1H3. The number of para-hydroxylation sites is 1. The molecule has 4 rings (SSSR count). The first-order chi connectivity index (χ1) is 13.7. The molecule has 0 aliphatic heterocycles. The number of aromatic nitrogens is 1. The van der Waals surface area contributed by atoms with Gasteiger partial charge in [-0.1, -0.05) is 71.8 Å². The van der Waals surface area contributed by atoms with Crippen LogP contribution < -0.4 is 5.32 Å². The normalized spacial score (nSPS) is 11.2. The Morgan fingerprint density at radius 2 is 1.71 bits per heavy atom. The number of benzene rings is 3. The van der Waals surface area contributed by atoms with Gasteiger partial charge in [0.1, 0.15) is 0 Å². The van der Waals surface area contributed by atoms with Crippen molar-refractivity contribution < 1.29 is 0 Å². The number of nitrogens with zero attached hydrogens (tertiary/aromatic N) is 1. The predicted octanol–water partition coefficient (Wildman–Crippen LogP) is 5.98. The average Bonchev–Trinajstić information content (AvgIpc) is 3.04. The van der Waals surface area contributed by atoms with E-state index in [0.29, 0.717) is 0 Å². The molecule has 0 aliphatic rings. The van der Waals surface area contributed by atoms with Crippen LogP contribution in [-0.4, -0.2) is 11.1 Å². The molecule has 0 saturated carbocycles. The molecular weight excluding hydrogens is 364 g/mol. The monoisotopic (exact) mass is 388 g/mol. The minimum absolute atomic E-state index is 0.790. The number of fused-ring (bicyclic) bond motifs is 1. The average molecular weight is 389 g/mol. The smallest absolute Gasteiger partial charge is 0.0486 e. The van der Waals surface area contributed by atoms with Crippen molar-refractivity contribution in [2.75, 3.05) is 6.54 Å². The third-order valence-corrected chi connectivity index (χ3v) is 5.38. The second-order valence-corrected chi connectivity index (χ2v) is 7.78. The Bertz CT molecular complexity index is 1060. The summed E-state index contributed by atoms with van der Waals surface area (Å²) in [7, 11) is 0. The van der Waals surface area contributed by atoms with Crippen LogP contribution in [0, 0.1) is 6.92 Å². The first kappa shape index (κ1) is 18.8. The van der Waals surface area contributed by atoms with Crippen LogP contribution in [0.2, 0.25) is 5.02 Å². The van der Waals surface area contributed by atoms with Gasteiger partial charge in [0.05, 0.1) is 0 Å². The minimum Gasteiger partial charge on any atom is -0.343 e. The topological polar surface area (TPSA) is 17.0 Å². The number of rotatable bonds is 7. The molecule has 1 heterocycles. The van der Waals surface area contributed by atoms with E-state index in [1.165, 1.54) is 33.2 Å². The van der Waals surface area contributed by atoms with Crippen molar-refractivity contribution in [3.63, 3.8) is 0 Å². The van der Waals surface area contributed by atoms with Gasteiger partial charge in [-0.2, -0.15) is 0 Å². The van der Waals surface area contributed by atoms with E-state index in [4.69, 9.17) is 11.6 Å². The van der Waals surface area contributed by atoms with Crippen LogP contribution in [0.1, 0.15) is 22.3 Å². The number of halogens is 1. The summed E-state index contributed by atoms with van der Waals surface area (Å²) in [5.41, 5.74) is 6.58. The van der Waals surface area contributed by atoms with Gasteiger partial charge in [-0.15, -0.1) is 0 Å². The van der Waals surface area contributed by atoms with Crippen LogP contribution in [0.4, 0.5) is 0 Å². The van der Waals surface area contributed by atoms with Gasteiger partial charge in [-0.3, -0.25) is 0 Å². The van der Waals surface area contributed by atoms with Gasteiger partial charge in [0.15, 0.2) is 0 Å². The molecule has 142 valence electrons. The fraction of sp³-hybridized carbons (Fsp3) is 0.200. The summed E-state index contributed by atoms with van der Waals surface area (Å²) in [6.07, 6.45) is 3.29. The van der Waals surface area contributed by atoms with E-state index in [1.54, 1.807) is 0 Å². The summed E-state index contributed by atoms with van der Waals surface area (Å²) in [5, 5.41) is 5.71. The summed E-state index contributed by atoms with van der Waals surface area (Å²) in [4.78, 5) is 0. The van der Waals surface area contributed by atoms with Gasteiger partial charge in [-0.25, -0.2) is 0 Å². The van der Waals surface area contributed by atoms with Gasteiger partial charge in [0.2, 0.25) is 0 Å². The molecule has 28 heavy (non-hydrogen) atoms. The van der Waals surface area contributed by atoms with Crippen LogP contribution in [-0.2, 0) is 19.5 Å². The SMILES string of the molecule is Cc1cccc(Cn2cc(CNCCc3ccc(Cl)cc3)c3ccccc32)c1. The van der Waals surface area contributed by atoms with Gasteiger partial charge in [0, 0.05) is 35.2 Å². The fourth-order valence-electron chi connectivity index (χ4n) is 3.71. The van der Waals surface area contributed by atoms with Crippen LogP contribution in [0.25, 0.3) is 10.9 Å². The molecule has 1 aromatic heterocycles. The van der Waals surface area contributed by atoms with Crippen molar-refractivity contribution in [3.8, 4) is 0 Å². The molecule has 0 saturated heterocycles. The van der Waals surface area contributed by atoms with Gasteiger partial charge < -0.3 is 9.88 Å². The lowest BCUT2D eigenvalue weighted by Crippen LogP contribution is -2.16. The van der Waals surface area contributed by atoms with Crippen molar-refractivity contribution in [2.45, 2.75) is 26.4 Å². The molecule has 0 radical (unpaired) electrons. The molecule has 0 bridgehead atoms. The molecule has 3 heteroatoms. The highest BCUT2D eigenvalue weighted by molar-refractivity contribution is 6.30. The van der Waals surface area contributed by atoms with E-state index >= 15 is 0 Å². The molecule has 0 unspecified atom stereocenters. The van der Waals surface area contributed by atoms with E-state index < -0.39 is 0 Å². The van der Waals surface area contributed by atoms with E-state index in [-0.39, 0.29) is 0 Å². The third kappa shape index (κ3) is 4.46. The maximum atomic E-state index is 5.96. The van der Waals surface area contributed by atoms with Crippen molar-refractivity contribution in [3.05, 3.63) is 106 Å². The number of aryl methyl sites for hydroxylation is 1. The van der Waals surface area contributed by atoms with Gasteiger partial charge in [0.25, 0.3) is 0 Å². The first-order valence-corrected chi connectivity index (χ1v) is 10.1. The minimum atomic E-state index is 0.790. The van der Waals surface area contributed by atoms with Gasteiger partial charge >= 0.3 is 0 Å². The molecule has 0 spiro atoms. The van der Waals surface area contributed by atoms with Crippen LogP contribution in [0.5, 0.6) is 0 Å². The lowest BCUT2D eigenvalue weighted by Gasteiger charge is -2.06. The molecular formula is C25H25ClN2. The zero-order chi connectivity index (χ0) is 19.3. The second-order valence-electron chi connectivity index (χ2n) is 7.34. The summed E-state index contributed by atoms with van der Waals surface area (Å²) < 4.78 is 2.36. The Morgan fingerprint density at radius 1 is 0.893 bits per heavy atom. The Labute approximate surface area is 171 Å². The lowest BCUT2D eigenvalue weighted by atomic mass is 10.1. The largest absolute Gasteiger partial charge is 0.343 e. The summed E-state index contributed by atoms with van der Waals surface area (Å²) in [6, 6.07) is 25.5. The Kier molecular flexibility index (Phi) is 5.80. The van der Waals surface area contributed by atoms with E-state index in [9.17, 15) is 0 Å². The maximum absolute atomic E-state index is 5.96. The van der Waals surface area contributed by atoms with E-state index in [2.05, 4.69) is 83.7 Å². The van der Waals surface area contributed by atoms with Crippen LogP contribution >= 0.6 is 11.6 Å². The molecule has 0 aliphatic carbocycles. The van der Waals surface area contributed by atoms with Crippen LogP contribution in [0.15, 0.2) is 79.0 Å². The fourth-order valence-corrected chi connectivity index (χ4v) is 3.83. The molecule has 3 aromatic carbocycles. The number of hydrogen-bond donors (Lipinski definition) is 1. The second kappa shape index (κ2) is 8.64. The van der Waals surface area contributed by atoms with Gasteiger partial charge in [-0.05, 0) is 54.8 Å². The zero-order valence-corrected chi connectivity index (χ0v) is 16.9. The Morgan fingerprint density at radius 3 is 2.54 bits per heavy atom. The van der Waals surface area contributed by atoms with Crippen molar-refractivity contribution in [1.29, 1.82) is 0 Å². The molecule has 0 atom stereocenters. The summed E-state index contributed by atoms with van der Waals surface area (Å²) >= 11 is 5.96. The quantitative estimate of drug-likeness (QED) is 0.385. The van der Waals surface area contributed by atoms with Crippen molar-refractivity contribution in [1.82, 2.24) is 9.88 Å². The molecule has 0 amide bonds. The van der Waals surface area contributed by atoms with E-state index in [1.807, 2.05) is 12.1 Å². The molecule has 4 aromatic rings. The highest BCUT2D eigenvalue weighted by atomic mass is 35.5.